The van der Waals surface area contributed by atoms with Gasteiger partial charge in [0.15, 0.2) is 0 Å². The van der Waals surface area contributed by atoms with Gasteiger partial charge < -0.3 is 14.8 Å². The number of ether oxygens (including phenoxy) is 2. The molecule has 0 bridgehead atoms. The molecule has 10 heteroatoms. The van der Waals surface area contributed by atoms with E-state index in [0.717, 1.165) is 15.6 Å². The summed E-state index contributed by atoms with van der Waals surface area (Å²) in [5.41, 5.74) is 1.81. The van der Waals surface area contributed by atoms with Crippen LogP contribution in [0.2, 0.25) is 0 Å². The van der Waals surface area contributed by atoms with Crippen LogP contribution in [-0.2, 0) is 10.0 Å². The third-order valence-electron chi connectivity index (χ3n) is 4.60. The standard InChI is InChI=1S/C22H25N3O5S2/c1-6-30-18-12-9-16(13-19(18)32(27,28)25(3)4)24-21(26)20-14(2)23-22(31-20)15-7-10-17(29-5)11-8-15/h7-13H,6H2,1-5H3,(H,24,26). The van der Waals surface area contributed by atoms with E-state index in [4.69, 9.17) is 9.47 Å². The number of nitrogens with one attached hydrogen (secondary N) is 1. The zero-order chi connectivity index (χ0) is 23.5. The number of amides is 1. The maximum absolute atomic E-state index is 12.9. The van der Waals surface area contributed by atoms with E-state index in [2.05, 4.69) is 10.3 Å². The summed E-state index contributed by atoms with van der Waals surface area (Å²) < 4.78 is 37.2. The maximum Gasteiger partial charge on any atom is 0.267 e. The molecule has 0 fully saturated rings. The number of aromatic nitrogens is 1. The summed E-state index contributed by atoms with van der Waals surface area (Å²) in [5, 5.41) is 3.48. The fourth-order valence-electron chi connectivity index (χ4n) is 2.91. The van der Waals surface area contributed by atoms with Crippen LogP contribution >= 0.6 is 11.3 Å². The van der Waals surface area contributed by atoms with Crippen LogP contribution in [-0.4, -0.2) is 51.4 Å². The quantitative estimate of drug-likeness (QED) is 0.528. The van der Waals surface area contributed by atoms with Crippen molar-refractivity contribution in [2.75, 3.05) is 33.1 Å². The first-order valence-electron chi connectivity index (χ1n) is 9.80. The number of anilines is 1. The second-order valence-corrected chi connectivity index (χ2v) is 10.1. The molecule has 0 saturated heterocycles. The van der Waals surface area contributed by atoms with Gasteiger partial charge in [-0.25, -0.2) is 17.7 Å². The minimum Gasteiger partial charge on any atom is -0.497 e. The number of aryl methyl sites for hydroxylation is 1. The Kier molecular flexibility index (Phi) is 7.17. The number of benzene rings is 2. The van der Waals surface area contributed by atoms with Crippen molar-refractivity contribution in [1.82, 2.24) is 9.29 Å². The maximum atomic E-state index is 12.9. The third-order valence-corrected chi connectivity index (χ3v) is 7.64. The average Bonchev–Trinajstić information content (AvgIpc) is 3.16. The Balaban J connectivity index is 1.89. The van der Waals surface area contributed by atoms with Crippen LogP contribution in [0.1, 0.15) is 22.3 Å². The first-order chi connectivity index (χ1) is 15.2. The summed E-state index contributed by atoms with van der Waals surface area (Å²) >= 11 is 1.26. The van der Waals surface area contributed by atoms with Crippen molar-refractivity contribution in [3.8, 4) is 22.1 Å². The molecule has 0 aliphatic carbocycles. The van der Waals surface area contributed by atoms with Gasteiger partial charge in [0.2, 0.25) is 10.0 Å². The van der Waals surface area contributed by atoms with Gasteiger partial charge in [-0.2, -0.15) is 0 Å². The molecule has 0 spiro atoms. The summed E-state index contributed by atoms with van der Waals surface area (Å²) in [5.74, 6) is 0.603. The van der Waals surface area contributed by atoms with Crippen molar-refractivity contribution >= 4 is 33.0 Å². The number of carbonyl (C=O) groups excluding carboxylic acids is 1. The molecule has 0 saturated carbocycles. The number of rotatable bonds is 8. The number of sulfonamides is 1. The number of hydrogen-bond donors (Lipinski definition) is 1. The number of nitrogens with zero attached hydrogens (tertiary/aromatic N) is 2. The molecular formula is C22H25N3O5S2. The number of hydrogen-bond acceptors (Lipinski definition) is 7. The molecule has 0 aliphatic rings. The number of methoxy groups -OCH3 is 1. The summed E-state index contributed by atoms with van der Waals surface area (Å²) in [6.45, 7) is 3.85. The van der Waals surface area contributed by atoms with Crippen molar-refractivity contribution in [1.29, 1.82) is 0 Å². The SMILES string of the molecule is CCOc1ccc(NC(=O)c2sc(-c3ccc(OC)cc3)nc2C)cc1S(=O)(=O)N(C)C. The van der Waals surface area contributed by atoms with Gasteiger partial charge in [0.1, 0.15) is 26.3 Å². The average molecular weight is 476 g/mol. The van der Waals surface area contributed by atoms with Crippen LogP contribution < -0.4 is 14.8 Å². The summed E-state index contributed by atoms with van der Waals surface area (Å²) in [7, 11) is 0.721. The Morgan fingerprint density at radius 3 is 2.44 bits per heavy atom. The lowest BCUT2D eigenvalue weighted by atomic mass is 10.2. The molecule has 32 heavy (non-hydrogen) atoms. The molecule has 0 unspecified atom stereocenters. The molecule has 2 aromatic carbocycles. The second kappa shape index (κ2) is 9.68. The van der Waals surface area contributed by atoms with Crippen LogP contribution in [0.3, 0.4) is 0 Å². The minimum atomic E-state index is -3.76. The van der Waals surface area contributed by atoms with Gasteiger partial charge in [-0.15, -0.1) is 11.3 Å². The van der Waals surface area contributed by atoms with Gasteiger partial charge in [0.05, 0.1) is 19.4 Å². The molecular weight excluding hydrogens is 450 g/mol. The summed E-state index contributed by atoms with van der Waals surface area (Å²) in [6.07, 6.45) is 0. The molecule has 1 heterocycles. The van der Waals surface area contributed by atoms with Crippen LogP contribution in [0.5, 0.6) is 11.5 Å². The molecule has 170 valence electrons. The first kappa shape index (κ1) is 23.7. The van der Waals surface area contributed by atoms with Gasteiger partial charge in [-0.05, 0) is 56.3 Å². The van der Waals surface area contributed by atoms with E-state index in [1.54, 1.807) is 27.0 Å². The molecule has 1 aromatic heterocycles. The lowest BCUT2D eigenvalue weighted by Crippen LogP contribution is -2.23. The highest BCUT2D eigenvalue weighted by atomic mass is 32.2. The Bertz CT molecular complexity index is 1220. The Morgan fingerprint density at radius 1 is 1.16 bits per heavy atom. The van der Waals surface area contributed by atoms with Gasteiger partial charge in [0, 0.05) is 25.3 Å². The lowest BCUT2D eigenvalue weighted by molar-refractivity contribution is 0.102. The first-order valence-corrected chi connectivity index (χ1v) is 12.1. The van der Waals surface area contributed by atoms with Crippen molar-refractivity contribution < 1.29 is 22.7 Å². The molecule has 0 atom stereocenters. The smallest absolute Gasteiger partial charge is 0.267 e. The van der Waals surface area contributed by atoms with Crippen molar-refractivity contribution in [3.63, 3.8) is 0 Å². The van der Waals surface area contributed by atoms with E-state index in [9.17, 15) is 13.2 Å². The Morgan fingerprint density at radius 2 is 1.84 bits per heavy atom. The van der Waals surface area contributed by atoms with Gasteiger partial charge >= 0.3 is 0 Å². The topological polar surface area (TPSA) is 97.8 Å². The second-order valence-electron chi connectivity index (χ2n) is 7.00. The van der Waals surface area contributed by atoms with E-state index in [1.807, 2.05) is 24.3 Å². The third kappa shape index (κ3) is 4.93. The summed E-state index contributed by atoms with van der Waals surface area (Å²) in [6, 6.07) is 12.0. The van der Waals surface area contributed by atoms with E-state index in [-0.39, 0.29) is 16.6 Å². The highest BCUT2D eigenvalue weighted by Gasteiger charge is 2.24. The zero-order valence-electron chi connectivity index (χ0n) is 18.5. The van der Waals surface area contributed by atoms with Gasteiger partial charge in [0.25, 0.3) is 5.91 Å². The zero-order valence-corrected chi connectivity index (χ0v) is 20.1. The number of carbonyl (C=O) groups is 1. The normalized spacial score (nSPS) is 11.4. The Hall–Kier alpha value is -2.95. The predicted molar refractivity (Wildman–Crippen MR) is 125 cm³/mol. The van der Waals surface area contributed by atoms with Gasteiger partial charge in [-0.1, -0.05) is 0 Å². The minimum absolute atomic E-state index is 0.0119. The predicted octanol–water partition coefficient (Wildman–Crippen LogP) is 4.03. The Labute approximate surface area is 191 Å². The molecule has 0 aliphatic heterocycles. The monoisotopic (exact) mass is 475 g/mol. The van der Waals surface area contributed by atoms with Gasteiger partial charge in [-0.3, -0.25) is 4.79 Å². The van der Waals surface area contributed by atoms with Crippen LogP contribution in [0.15, 0.2) is 47.4 Å². The largest absolute Gasteiger partial charge is 0.497 e. The van der Waals surface area contributed by atoms with E-state index >= 15 is 0 Å². The highest BCUT2D eigenvalue weighted by Crippen LogP contribution is 2.32. The molecule has 8 nitrogen and oxygen atoms in total. The lowest BCUT2D eigenvalue weighted by Gasteiger charge is -2.16. The fraction of sp³-hybridized carbons (Fsp3) is 0.273. The van der Waals surface area contributed by atoms with E-state index in [0.29, 0.717) is 27.9 Å². The highest BCUT2D eigenvalue weighted by molar-refractivity contribution is 7.89. The van der Waals surface area contributed by atoms with Crippen molar-refractivity contribution in [2.24, 2.45) is 0 Å². The molecule has 3 aromatic rings. The van der Waals surface area contributed by atoms with Crippen molar-refractivity contribution in [2.45, 2.75) is 18.7 Å². The van der Waals surface area contributed by atoms with Crippen LogP contribution in [0.25, 0.3) is 10.6 Å². The van der Waals surface area contributed by atoms with Crippen LogP contribution in [0, 0.1) is 6.92 Å². The molecule has 1 N–H and O–H groups in total. The van der Waals surface area contributed by atoms with E-state index < -0.39 is 10.0 Å². The molecule has 0 radical (unpaired) electrons. The molecule has 1 amide bonds. The van der Waals surface area contributed by atoms with Crippen molar-refractivity contribution in [3.05, 3.63) is 53.0 Å². The fourth-order valence-corrected chi connectivity index (χ4v) is 4.93. The van der Waals surface area contributed by atoms with Crippen LogP contribution in [0.4, 0.5) is 5.69 Å². The molecule has 3 rings (SSSR count). The van der Waals surface area contributed by atoms with E-state index in [1.165, 1.54) is 37.6 Å². The summed E-state index contributed by atoms with van der Waals surface area (Å²) in [4.78, 5) is 17.9. The number of thiazole rings is 1.